The summed E-state index contributed by atoms with van der Waals surface area (Å²) in [6.45, 7) is 7.92. The van der Waals surface area contributed by atoms with Gasteiger partial charge in [-0.3, -0.25) is 9.59 Å². The average molecular weight is 390 g/mol. The molecule has 0 aromatic carbocycles. The molecule has 0 spiro atoms. The van der Waals surface area contributed by atoms with E-state index in [1.165, 1.54) is 0 Å². The Labute approximate surface area is 171 Å². The summed E-state index contributed by atoms with van der Waals surface area (Å²) in [5.41, 5.74) is 1.14. The van der Waals surface area contributed by atoms with Crippen molar-refractivity contribution in [3.8, 4) is 0 Å². The highest BCUT2D eigenvalue weighted by atomic mass is 16.2. The number of aromatic nitrogens is 1. The molecule has 1 fully saturated rings. The number of nitrogens with zero attached hydrogens (tertiary/aromatic N) is 3. The van der Waals surface area contributed by atoms with E-state index in [0.29, 0.717) is 19.1 Å². The van der Waals surface area contributed by atoms with Crippen molar-refractivity contribution in [2.24, 2.45) is 13.0 Å². The number of amides is 2. The second-order valence-corrected chi connectivity index (χ2v) is 8.22. The van der Waals surface area contributed by atoms with Crippen LogP contribution in [0.3, 0.4) is 0 Å². The zero-order valence-electron chi connectivity index (χ0n) is 18.3. The Morgan fingerprint density at radius 2 is 1.89 bits per heavy atom. The molecule has 1 aliphatic carbocycles. The molecule has 1 aromatic heterocycles. The van der Waals surface area contributed by atoms with E-state index >= 15 is 0 Å². The van der Waals surface area contributed by atoms with Crippen LogP contribution in [0.25, 0.3) is 0 Å². The molecule has 0 bridgehead atoms. The fraction of sp³-hybridized carbons (Fsp3) is 0.739. The zero-order valence-corrected chi connectivity index (χ0v) is 18.3. The number of unbranched alkanes of at least 4 members (excludes halogenated alkanes) is 2. The van der Waals surface area contributed by atoms with Gasteiger partial charge in [-0.15, -0.1) is 0 Å². The van der Waals surface area contributed by atoms with Crippen LogP contribution in [0.4, 0.5) is 0 Å². The zero-order chi connectivity index (χ0) is 20.5. The SMILES string of the molecule is CCCC[C@@H](CC)C(=O)N(CCCC)CC(=O)N(Cc1cccn1C)C1CC1. The van der Waals surface area contributed by atoms with Crippen LogP contribution in [0.15, 0.2) is 18.3 Å². The van der Waals surface area contributed by atoms with Crippen molar-refractivity contribution in [1.82, 2.24) is 14.4 Å². The van der Waals surface area contributed by atoms with E-state index in [2.05, 4.69) is 31.4 Å². The maximum atomic E-state index is 13.2. The summed E-state index contributed by atoms with van der Waals surface area (Å²) < 4.78 is 2.07. The molecular formula is C23H39N3O2. The molecule has 2 amide bonds. The fourth-order valence-corrected chi connectivity index (χ4v) is 3.72. The minimum absolute atomic E-state index is 0.0480. The first-order valence-corrected chi connectivity index (χ1v) is 11.2. The van der Waals surface area contributed by atoms with Crippen LogP contribution in [-0.2, 0) is 23.2 Å². The van der Waals surface area contributed by atoms with E-state index in [9.17, 15) is 9.59 Å². The van der Waals surface area contributed by atoms with Crippen molar-refractivity contribution >= 4 is 11.8 Å². The lowest BCUT2D eigenvalue weighted by atomic mass is 9.97. The second-order valence-electron chi connectivity index (χ2n) is 8.22. The number of carbonyl (C=O) groups is 2. The van der Waals surface area contributed by atoms with Crippen LogP contribution in [0.2, 0.25) is 0 Å². The highest BCUT2D eigenvalue weighted by Crippen LogP contribution is 2.29. The van der Waals surface area contributed by atoms with Gasteiger partial charge in [-0.1, -0.05) is 40.0 Å². The van der Waals surface area contributed by atoms with Crippen molar-refractivity contribution in [2.45, 2.75) is 84.7 Å². The number of aryl methyl sites for hydroxylation is 1. The monoisotopic (exact) mass is 389 g/mol. The Morgan fingerprint density at radius 3 is 2.43 bits per heavy atom. The van der Waals surface area contributed by atoms with Gasteiger partial charge in [0.05, 0.1) is 13.1 Å². The molecule has 158 valence electrons. The number of hydrogen-bond donors (Lipinski definition) is 0. The molecule has 0 aliphatic heterocycles. The summed E-state index contributed by atoms with van der Waals surface area (Å²) in [6, 6.07) is 4.43. The van der Waals surface area contributed by atoms with E-state index in [1.807, 2.05) is 29.1 Å². The van der Waals surface area contributed by atoms with Crippen molar-refractivity contribution in [3.05, 3.63) is 24.0 Å². The van der Waals surface area contributed by atoms with Gasteiger partial charge in [-0.05, 0) is 44.2 Å². The highest BCUT2D eigenvalue weighted by molar-refractivity contribution is 5.86. The quantitative estimate of drug-likeness (QED) is 0.503. The van der Waals surface area contributed by atoms with Crippen LogP contribution in [0.1, 0.15) is 77.8 Å². The Hall–Kier alpha value is -1.78. The van der Waals surface area contributed by atoms with Gasteiger partial charge in [-0.2, -0.15) is 0 Å². The van der Waals surface area contributed by atoms with E-state index in [4.69, 9.17) is 0 Å². The summed E-state index contributed by atoms with van der Waals surface area (Å²) in [4.78, 5) is 30.2. The van der Waals surface area contributed by atoms with Crippen molar-refractivity contribution < 1.29 is 9.59 Å². The van der Waals surface area contributed by atoms with Gasteiger partial charge in [0.15, 0.2) is 0 Å². The first-order valence-electron chi connectivity index (χ1n) is 11.2. The average Bonchev–Trinajstić information content (AvgIpc) is 3.45. The molecule has 1 atom stereocenters. The number of rotatable bonds is 13. The summed E-state index contributed by atoms with van der Waals surface area (Å²) in [6.07, 6.45) is 10.1. The Morgan fingerprint density at radius 1 is 1.18 bits per heavy atom. The standard InChI is InChI=1S/C23H39N3O2/c1-5-8-11-19(7-3)23(28)25(16-9-6-2)18-22(27)26(20-13-14-20)17-21-12-10-15-24(21)4/h10,12,15,19-20H,5-9,11,13-14,16-18H2,1-4H3/t19-/m1/s1. The van der Waals surface area contributed by atoms with Crippen molar-refractivity contribution in [2.75, 3.05) is 13.1 Å². The van der Waals surface area contributed by atoms with Gasteiger partial charge in [0.1, 0.15) is 0 Å². The van der Waals surface area contributed by atoms with Crippen LogP contribution >= 0.6 is 0 Å². The van der Waals surface area contributed by atoms with Crippen LogP contribution in [-0.4, -0.2) is 45.3 Å². The first kappa shape index (κ1) is 22.5. The van der Waals surface area contributed by atoms with Crippen molar-refractivity contribution in [1.29, 1.82) is 0 Å². The Bertz CT molecular complexity index is 621. The molecule has 28 heavy (non-hydrogen) atoms. The van der Waals surface area contributed by atoms with E-state index < -0.39 is 0 Å². The van der Waals surface area contributed by atoms with Crippen LogP contribution in [0.5, 0.6) is 0 Å². The minimum Gasteiger partial charge on any atom is -0.353 e. The normalized spacial score (nSPS) is 14.7. The van der Waals surface area contributed by atoms with E-state index in [-0.39, 0.29) is 24.3 Å². The maximum absolute atomic E-state index is 13.2. The lowest BCUT2D eigenvalue weighted by molar-refractivity contribution is -0.144. The van der Waals surface area contributed by atoms with Gasteiger partial charge < -0.3 is 14.4 Å². The third kappa shape index (κ3) is 6.39. The van der Waals surface area contributed by atoms with Gasteiger partial charge in [0.25, 0.3) is 0 Å². The molecule has 0 N–H and O–H groups in total. The predicted molar refractivity (Wildman–Crippen MR) is 114 cm³/mol. The molecule has 2 rings (SSSR count). The molecule has 0 unspecified atom stereocenters. The van der Waals surface area contributed by atoms with Crippen LogP contribution < -0.4 is 0 Å². The molecule has 5 heteroatoms. The third-order valence-electron chi connectivity index (χ3n) is 5.86. The highest BCUT2D eigenvalue weighted by Gasteiger charge is 2.34. The first-order chi connectivity index (χ1) is 13.5. The van der Waals surface area contributed by atoms with Gasteiger partial charge in [-0.25, -0.2) is 0 Å². The molecule has 1 saturated carbocycles. The smallest absolute Gasteiger partial charge is 0.242 e. The molecule has 1 aromatic rings. The molecule has 5 nitrogen and oxygen atoms in total. The van der Waals surface area contributed by atoms with Gasteiger partial charge in [0, 0.05) is 37.4 Å². The van der Waals surface area contributed by atoms with Gasteiger partial charge >= 0.3 is 0 Å². The number of hydrogen-bond acceptors (Lipinski definition) is 2. The van der Waals surface area contributed by atoms with E-state index in [1.54, 1.807) is 0 Å². The molecule has 1 aliphatic rings. The summed E-state index contributed by atoms with van der Waals surface area (Å²) in [5, 5.41) is 0. The lowest BCUT2D eigenvalue weighted by Crippen LogP contribution is -2.46. The molecule has 0 radical (unpaired) electrons. The molecular weight excluding hydrogens is 350 g/mol. The Balaban J connectivity index is 2.06. The largest absolute Gasteiger partial charge is 0.353 e. The maximum Gasteiger partial charge on any atom is 0.242 e. The summed E-state index contributed by atoms with van der Waals surface area (Å²) in [5.74, 6) is 0.317. The Kier molecular flexibility index (Phi) is 9.07. The lowest BCUT2D eigenvalue weighted by Gasteiger charge is -2.30. The van der Waals surface area contributed by atoms with Crippen LogP contribution in [0, 0.1) is 5.92 Å². The second kappa shape index (κ2) is 11.3. The predicted octanol–water partition coefficient (Wildman–Crippen LogP) is 4.36. The summed E-state index contributed by atoms with van der Waals surface area (Å²) in [7, 11) is 2.02. The topological polar surface area (TPSA) is 45.6 Å². The van der Waals surface area contributed by atoms with Gasteiger partial charge in [0.2, 0.25) is 11.8 Å². The van der Waals surface area contributed by atoms with Crippen molar-refractivity contribution in [3.63, 3.8) is 0 Å². The third-order valence-corrected chi connectivity index (χ3v) is 5.86. The number of carbonyl (C=O) groups excluding carboxylic acids is 2. The molecule has 1 heterocycles. The van der Waals surface area contributed by atoms with E-state index in [0.717, 1.165) is 57.1 Å². The minimum atomic E-state index is 0.0480. The summed E-state index contributed by atoms with van der Waals surface area (Å²) >= 11 is 0. The fourth-order valence-electron chi connectivity index (χ4n) is 3.72. The molecule has 0 saturated heterocycles.